The highest BCUT2D eigenvalue weighted by atomic mass is 35.5. The molecule has 0 saturated carbocycles. The van der Waals surface area contributed by atoms with Crippen molar-refractivity contribution in [2.24, 2.45) is 0 Å². The summed E-state index contributed by atoms with van der Waals surface area (Å²) in [6.45, 7) is 7.86. The third-order valence-corrected chi connectivity index (χ3v) is 3.93. The van der Waals surface area contributed by atoms with Gasteiger partial charge < -0.3 is 9.73 Å². The third-order valence-electron chi connectivity index (χ3n) is 3.64. The molecule has 1 aromatic heterocycles. The molecule has 0 radical (unpaired) electrons. The minimum absolute atomic E-state index is 0.0812. The van der Waals surface area contributed by atoms with Gasteiger partial charge in [0, 0.05) is 5.56 Å². The van der Waals surface area contributed by atoms with E-state index in [-0.39, 0.29) is 11.9 Å². The number of carbonyl (C=O) groups is 1. The molecule has 1 heterocycles. The van der Waals surface area contributed by atoms with Crippen LogP contribution < -0.4 is 5.32 Å². The summed E-state index contributed by atoms with van der Waals surface area (Å²) in [6.07, 6.45) is 0. The van der Waals surface area contributed by atoms with E-state index in [9.17, 15) is 4.79 Å². The molecule has 2 rings (SSSR count). The van der Waals surface area contributed by atoms with Gasteiger partial charge in [-0.05, 0) is 44.9 Å². The average molecular weight is 306 g/mol. The second-order valence-corrected chi connectivity index (χ2v) is 5.65. The average Bonchev–Trinajstić information content (AvgIpc) is 2.82. The van der Waals surface area contributed by atoms with Crippen molar-refractivity contribution in [2.45, 2.75) is 39.6 Å². The second kappa shape index (κ2) is 6.35. The highest BCUT2D eigenvalue weighted by molar-refractivity contribution is 6.17. The van der Waals surface area contributed by atoms with Gasteiger partial charge in [-0.15, -0.1) is 11.6 Å². The molecule has 0 bridgehead atoms. The van der Waals surface area contributed by atoms with Crippen LogP contribution >= 0.6 is 11.6 Å². The monoisotopic (exact) mass is 305 g/mol. The van der Waals surface area contributed by atoms with E-state index in [2.05, 4.69) is 23.5 Å². The summed E-state index contributed by atoms with van der Waals surface area (Å²) in [5, 5.41) is 2.97. The lowest BCUT2D eigenvalue weighted by atomic mass is 10.00. The maximum absolute atomic E-state index is 12.3. The van der Waals surface area contributed by atoms with Crippen LogP contribution in [0.25, 0.3) is 0 Å². The first-order valence-corrected chi connectivity index (χ1v) is 7.49. The Balaban J connectivity index is 2.16. The summed E-state index contributed by atoms with van der Waals surface area (Å²) in [6, 6.07) is 7.85. The Kier molecular flexibility index (Phi) is 4.73. The van der Waals surface area contributed by atoms with Gasteiger partial charge in [0.05, 0.1) is 11.9 Å². The fourth-order valence-corrected chi connectivity index (χ4v) is 2.60. The van der Waals surface area contributed by atoms with Crippen LogP contribution in [0, 0.1) is 20.8 Å². The van der Waals surface area contributed by atoms with Crippen LogP contribution in [0.15, 0.2) is 28.7 Å². The molecule has 3 nitrogen and oxygen atoms in total. The highest BCUT2D eigenvalue weighted by Gasteiger charge is 2.17. The Hall–Kier alpha value is -1.74. The lowest BCUT2D eigenvalue weighted by Gasteiger charge is -2.16. The molecule has 1 N–H and O–H groups in total. The highest BCUT2D eigenvalue weighted by Crippen LogP contribution is 2.21. The van der Waals surface area contributed by atoms with Gasteiger partial charge in [-0.2, -0.15) is 0 Å². The summed E-state index contributed by atoms with van der Waals surface area (Å²) < 4.78 is 5.46. The van der Waals surface area contributed by atoms with E-state index >= 15 is 0 Å². The van der Waals surface area contributed by atoms with Crippen molar-refractivity contribution < 1.29 is 9.21 Å². The second-order valence-electron chi connectivity index (χ2n) is 5.38. The van der Waals surface area contributed by atoms with Crippen LogP contribution in [-0.4, -0.2) is 5.91 Å². The lowest BCUT2D eigenvalue weighted by Crippen LogP contribution is -2.26. The smallest absolute Gasteiger partial charge is 0.287 e. The number of alkyl halides is 1. The Morgan fingerprint density at radius 3 is 2.62 bits per heavy atom. The zero-order chi connectivity index (χ0) is 15.6. The standard InChI is InChI=1S/C17H20ClNO2/c1-10-5-6-11(2)15(7-10)12(3)19-17(20)16-8-14(9-18)13(4)21-16/h5-8,12H,9H2,1-4H3,(H,19,20). The Morgan fingerprint density at radius 2 is 2.00 bits per heavy atom. The zero-order valence-corrected chi connectivity index (χ0v) is 13.5. The number of aryl methyl sites for hydroxylation is 3. The number of amides is 1. The molecule has 0 aliphatic heterocycles. The minimum Gasteiger partial charge on any atom is -0.456 e. The van der Waals surface area contributed by atoms with Crippen molar-refractivity contribution in [1.29, 1.82) is 0 Å². The van der Waals surface area contributed by atoms with E-state index in [0.29, 0.717) is 17.4 Å². The molecule has 0 spiro atoms. The number of rotatable bonds is 4. The first kappa shape index (κ1) is 15.6. The van der Waals surface area contributed by atoms with E-state index in [1.807, 2.05) is 27.7 Å². The van der Waals surface area contributed by atoms with Gasteiger partial charge in [-0.3, -0.25) is 4.79 Å². The maximum Gasteiger partial charge on any atom is 0.287 e. The normalized spacial score (nSPS) is 12.2. The molecule has 4 heteroatoms. The predicted octanol–water partition coefficient (Wildman–Crippen LogP) is 4.43. The van der Waals surface area contributed by atoms with Crippen LogP contribution in [0.2, 0.25) is 0 Å². The number of halogens is 1. The fraction of sp³-hybridized carbons (Fsp3) is 0.353. The molecule has 1 aromatic carbocycles. The molecule has 21 heavy (non-hydrogen) atoms. The van der Waals surface area contributed by atoms with Gasteiger partial charge in [-0.25, -0.2) is 0 Å². The number of furan rings is 1. The molecule has 0 saturated heterocycles. The fourth-order valence-electron chi connectivity index (χ4n) is 2.34. The van der Waals surface area contributed by atoms with Gasteiger partial charge in [-0.1, -0.05) is 23.8 Å². The van der Waals surface area contributed by atoms with Gasteiger partial charge in [0.25, 0.3) is 5.91 Å². The minimum atomic E-state index is -0.220. The van der Waals surface area contributed by atoms with Crippen LogP contribution in [0.5, 0.6) is 0 Å². The van der Waals surface area contributed by atoms with E-state index in [4.69, 9.17) is 16.0 Å². The number of nitrogens with one attached hydrogen (secondary N) is 1. The summed E-state index contributed by atoms with van der Waals surface area (Å²) in [5.74, 6) is 1.12. The van der Waals surface area contributed by atoms with E-state index in [1.165, 1.54) is 5.56 Å². The summed E-state index contributed by atoms with van der Waals surface area (Å²) in [4.78, 5) is 12.3. The lowest BCUT2D eigenvalue weighted by molar-refractivity contribution is 0.0910. The molecule has 0 aliphatic rings. The Bertz CT molecular complexity index is 661. The van der Waals surface area contributed by atoms with Crippen molar-refractivity contribution in [2.75, 3.05) is 0 Å². The van der Waals surface area contributed by atoms with Gasteiger partial charge >= 0.3 is 0 Å². The van der Waals surface area contributed by atoms with E-state index in [1.54, 1.807) is 6.07 Å². The van der Waals surface area contributed by atoms with Gasteiger partial charge in [0.15, 0.2) is 5.76 Å². The quantitative estimate of drug-likeness (QED) is 0.849. The Morgan fingerprint density at radius 1 is 1.29 bits per heavy atom. The predicted molar refractivity (Wildman–Crippen MR) is 84.8 cm³/mol. The number of benzene rings is 1. The van der Waals surface area contributed by atoms with Crippen molar-refractivity contribution >= 4 is 17.5 Å². The summed E-state index contributed by atoms with van der Waals surface area (Å²) in [7, 11) is 0. The molecule has 0 fully saturated rings. The third kappa shape index (κ3) is 3.48. The van der Waals surface area contributed by atoms with Crippen molar-refractivity contribution in [3.05, 3.63) is 58.0 Å². The SMILES string of the molecule is Cc1ccc(C)c(C(C)NC(=O)c2cc(CCl)c(C)o2)c1. The summed E-state index contributed by atoms with van der Waals surface area (Å²) >= 11 is 5.80. The number of carbonyl (C=O) groups excluding carboxylic acids is 1. The van der Waals surface area contributed by atoms with Crippen LogP contribution in [-0.2, 0) is 5.88 Å². The van der Waals surface area contributed by atoms with E-state index < -0.39 is 0 Å². The van der Waals surface area contributed by atoms with Crippen LogP contribution in [0.4, 0.5) is 0 Å². The van der Waals surface area contributed by atoms with Gasteiger partial charge in [0.1, 0.15) is 5.76 Å². The molecule has 0 aliphatic carbocycles. The number of hydrogen-bond acceptors (Lipinski definition) is 2. The zero-order valence-electron chi connectivity index (χ0n) is 12.8. The van der Waals surface area contributed by atoms with Crippen LogP contribution in [0.1, 0.15) is 51.5 Å². The topological polar surface area (TPSA) is 42.2 Å². The summed E-state index contributed by atoms with van der Waals surface area (Å²) in [5.41, 5.74) is 4.30. The molecule has 1 unspecified atom stereocenters. The van der Waals surface area contributed by atoms with Crippen molar-refractivity contribution in [3.8, 4) is 0 Å². The molecule has 1 atom stereocenters. The first-order valence-electron chi connectivity index (χ1n) is 6.95. The largest absolute Gasteiger partial charge is 0.456 e. The number of hydrogen-bond donors (Lipinski definition) is 1. The molecular formula is C17H20ClNO2. The van der Waals surface area contributed by atoms with Gasteiger partial charge in [0.2, 0.25) is 0 Å². The van der Waals surface area contributed by atoms with Crippen molar-refractivity contribution in [3.63, 3.8) is 0 Å². The maximum atomic E-state index is 12.3. The molecule has 2 aromatic rings. The van der Waals surface area contributed by atoms with Crippen molar-refractivity contribution in [1.82, 2.24) is 5.32 Å². The molecule has 112 valence electrons. The van der Waals surface area contributed by atoms with E-state index in [0.717, 1.165) is 16.7 Å². The molecular weight excluding hydrogens is 286 g/mol. The van der Waals surface area contributed by atoms with Crippen LogP contribution in [0.3, 0.4) is 0 Å². The molecule has 1 amide bonds. The first-order chi connectivity index (χ1) is 9.92. The Labute approximate surface area is 130 Å².